The van der Waals surface area contributed by atoms with Crippen LogP contribution in [0.15, 0.2) is 133 Å². The van der Waals surface area contributed by atoms with E-state index in [1.165, 1.54) is 18.2 Å². The first-order chi connectivity index (χ1) is 28.3. The van der Waals surface area contributed by atoms with Gasteiger partial charge in [0, 0.05) is 38.4 Å². The first kappa shape index (κ1) is 35.4. The Kier molecular flexibility index (Phi) is 8.62. The highest BCUT2D eigenvalue weighted by Gasteiger charge is 2.27. The minimum atomic E-state index is -1.77. The van der Waals surface area contributed by atoms with E-state index in [-0.39, 0.29) is 5.56 Å². The van der Waals surface area contributed by atoms with E-state index in [1.54, 1.807) is 36.4 Å². The smallest absolute Gasteiger partial charge is 0.180 e. The summed E-state index contributed by atoms with van der Waals surface area (Å²) in [6.45, 7) is 0. The molecule has 0 aliphatic rings. The van der Waals surface area contributed by atoms with Crippen molar-refractivity contribution in [3.05, 3.63) is 173 Å². The van der Waals surface area contributed by atoms with E-state index in [9.17, 15) is 19.3 Å². The van der Waals surface area contributed by atoms with E-state index >= 15 is 8.78 Å². The molecule has 0 radical (unpaired) electrons. The summed E-state index contributed by atoms with van der Waals surface area (Å²) in [6.07, 6.45) is 0. The average Bonchev–Trinajstić information content (AvgIpc) is 3.28. The first-order valence-electron chi connectivity index (χ1n) is 17.8. The zero-order valence-corrected chi connectivity index (χ0v) is 29.9. The topological polar surface area (TPSA) is 110 Å². The van der Waals surface area contributed by atoms with E-state index in [2.05, 4.69) is 12.1 Å². The van der Waals surface area contributed by atoms with Crippen molar-refractivity contribution < 1.29 is 17.6 Å². The lowest BCUT2D eigenvalue weighted by Crippen LogP contribution is -2.03. The zero-order valence-electron chi connectivity index (χ0n) is 29.9. The number of halogens is 4. The normalized spacial score (nSPS) is 11.1. The Labute approximate surface area is 327 Å². The lowest BCUT2D eigenvalue weighted by atomic mass is 9.92. The maximum Gasteiger partial charge on any atom is 0.180 e. The van der Waals surface area contributed by atoms with Gasteiger partial charge in [-0.05, 0) is 47.5 Å². The molecular formula is C48H22F4N6. The van der Waals surface area contributed by atoms with Gasteiger partial charge >= 0.3 is 0 Å². The molecule has 0 aliphatic heterocycles. The largest absolute Gasteiger partial charge is 0.247 e. The Morgan fingerprint density at radius 3 is 1.48 bits per heavy atom. The number of hydrogen-bond acceptors (Lipinski definition) is 6. The van der Waals surface area contributed by atoms with Crippen LogP contribution in [0.3, 0.4) is 0 Å². The summed E-state index contributed by atoms with van der Waals surface area (Å²) in [5, 5.41) is 30.3. The lowest BCUT2D eigenvalue weighted by molar-refractivity contribution is 0.454. The number of aromatic nitrogens is 3. The minimum Gasteiger partial charge on any atom is -0.247 e. The number of hydrogen-bond donors (Lipinski definition) is 0. The predicted octanol–water partition coefficient (Wildman–Crippen LogP) is 11.8. The predicted molar refractivity (Wildman–Crippen MR) is 214 cm³/mol. The van der Waals surface area contributed by atoms with Gasteiger partial charge in [0.25, 0.3) is 0 Å². The second kappa shape index (κ2) is 14.1. The van der Waals surface area contributed by atoms with Crippen molar-refractivity contribution in [2.45, 2.75) is 0 Å². The third kappa shape index (κ3) is 5.74. The molecule has 272 valence electrons. The summed E-state index contributed by atoms with van der Waals surface area (Å²) >= 11 is 0. The van der Waals surface area contributed by atoms with E-state index in [4.69, 9.17) is 20.2 Å². The maximum absolute atomic E-state index is 15.1. The van der Waals surface area contributed by atoms with Gasteiger partial charge in [-0.15, -0.1) is 0 Å². The van der Waals surface area contributed by atoms with Gasteiger partial charge in [0.15, 0.2) is 23.3 Å². The molecule has 0 N–H and O–H groups in total. The third-order valence-corrected chi connectivity index (χ3v) is 10.1. The SMILES string of the molecule is N#Cc1ccc(-c2nc3c(-c4ccccc4)cc4c(-c5ccc(-c6c(F)c(F)c(C#N)c(F)c6F)cc5)nc5ccccc5c4c3nc2-c2ccc(C#N)cc2)cc1. The Morgan fingerprint density at radius 2 is 0.914 bits per heavy atom. The maximum atomic E-state index is 15.1. The standard InChI is InChI=1S/C48H22F4N6/c49-40-36(25-55)41(50)43(52)38(42(40)51)29-18-20-30(21-19-29)44-35-22-34(28-6-2-1-3-7-28)47-48(39(35)33-8-4-5-9-37(33)56-44)58-46(32-16-12-27(24-54)13-17-32)45(57-47)31-14-10-26(23-53)11-15-31/h1-22H. The Morgan fingerprint density at radius 1 is 0.414 bits per heavy atom. The van der Waals surface area contributed by atoms with Gasteiger partial charge in [0.1, 0.15) is 11.6 Å². The molecule has 10 heteroatoms. The molecule has 9 rings (SSSR count). The third-order valence-electron chi connectivity index (χ3n) is 10.1. The highest BCUT2D eigenvalue weighted by atomic mass is 19.2. The summed E-state index contributed by atoms with van der Waals surface area (Å²) in [5.41, 5.74) is 5.43. The van der Waals surface area contributed by atoms with Crippen molar-refractivity contribution >= 4 is 32.7 Å². The molecule has 7 aromatic carbocycles. The molecule has 58 heavy (non-hydrogen) atoms. The molecule has 0 amide bonds. The van der Waals surface area contributed by atoms with Crippen molar-refractivity contribution in [1.82, 2.24) is 15.0 Å². The number of para-hydroxylation sites is 1. The van der Waals surface area contributed by atoms with Crippen molar-refractivity contribution in [3.63, 3.8) is 0 Å². The second-order valence-electron chi connectivity index (χ2n) is 13.4. The fourth-order valence-corrected chi connectivity index (χ4v) is 7.28. The van der Waals surface area contributed by atoms with Crippen molar-refractivity contribution in [2.24, 2.45) is 0 Å². The number of benzene rings is 7. The van der Waals surface area contributed by atoms with Gasteiger partial charge in [-0.1, -0.05) is 97.1 Å². The second-order valence-corrected chi connectivity index (χ2v) is 13.4. The van der Waals surface area contributed by atoms with Gasteiger partial charge < -0.3 is 0 Å². The van der Waals surface area contributed by atoms with Crippen LogP contribution in [0.25, 0.3) is 88.7 Å². The monoisotopic (exact) mass is 758 g/mol. The fraction of sp³-hybridized carbons (Fsp3) is 0. The van der Waals surface area contributed by atoms with E-state index in [0.29, 0.717) is 61.3 Å². The lowest BCUT2D eigenvalue weighted by Gasteiger charge is -2.18. The summed E-state index contributed by atoms with van der Waals surface area (Å²) in [6, 6.07) is 44.6. The highest BCUT2D eigenvalue weighted by Crippen LogP contribution is 2.43. The summed E-state index contributed by atoms with van der Waals surface area (Å²) in [5.74, 6) is -6.89. The molecule has 2 aromatic heterocycles. The fourth-order valence-electron chi connectivity index (χ4n) is 7.28. The molecule has 0 bridgehead atoms. The highest BCUT2D eigenvalue weighted by molar-refractivity contribution is 6.24. The van der Waals surface area contributed by atoms with Crippen LogP contribution < -0.4 is 0 Å². The van der Waals surface area contributed by atoms with Crippen LogP contribution in [0.2, 0.25) is 0 Å². The molecule has 0 fully saturated rings. The van der Waals surface area contributed by atoms with Gasteiger partial charge in [-0.3, -0.25) is 0 Å². The zero-order chi connectivity index (χ0) is 40.1. The molecule has 0 saturated heterocycles. The van der Waals surface area contributed by atoms with Crippen LogP contribution in [0.4, 0.5) is 17.6 Å². The van der Waals surface area contributed by atoms with Crippen LogP contribution in [-0.2, 0) is 0 Å². The molecule has 9 aromatic rings. The molecule has 0 aliphatic carbocycles. The molecule has 0 spiro atoms. The van der Waals surface area contributed by atoms with Gasteiger partial charge in [0.2, 0.25) is 0 Å². The van der Waals surface area contributed by atoms with Crippen LogP contribution in [0, 0.1) is 57.3 Å². The van der Waals surface area contributed by atoms with E-state index in [1.807, 2.05) is 84.9 Å². The molecule has 6 nitrogen and oxygen atoms in total. The van der Waals surface area contributed by atoms with Crippen LogP contribution in [0.1, 0.15) is 16.7 Å². The number of pyridine rings is 1. The number of nitriles is 3. The number of rotatable bonds is 5. The minimum absolute atomic E-state index is 0.144. The average molecular weight is 759 g/mol. The van der Waals surface area contributed by atoms with Crippen molar-refractivity contribution in [2.75, 3.05) is 0 Å². The molecule has 0 unspecified atom stereocenters. The summed E-state index contributed by atoms with van der Waals surface area (Å²) in [7, 11) is 0. The van der Waals surface area contributed by atoms with Gasteiger partial charge in [-0.25, -0.2) is 32.5 Å². The quantitative estimate of drug-likeness (QED) is 0.0982. The van der Waals surface area contributed by atoms with Crippen molar-refractivity contribution in [3.8, 4) is 74.2 Å². The Hall–Kier alpha value is -8.26. The van der Waals surface area contributed by atoms with Crippen LogP contribution >= 0.6 is 0 Å². The molecular weight excluding hydrogens is 737 g/mol. The Balaban J connectivity index is 1.37. The Bertz CT molecular complexity index is 3250. The van der Waals surface area contributed by atoms with Crippen LogP contribution in [-0.4, -0.2) is 15.0 Å². The van der Waals surface area contributed by atoms with Crippen molar-refractivity contribution in [1.29, 1.82) is 15.8 Å². The summed E-state index contributed by atoms with van der Waals surface area (Å²) < 4.78 is 59.5. The molecule has 0 atom stereocenters. The number of fused-ring (bicyclic) bond motifs is 5. The van der Waals surface area contributed by atoms with E-state index < -0.39 is 34.4 Å². The summed E-state index contributed by atoms with van der Waals surface area (Å²) in [4.78, 5) is 15.8. The number of nitrogens with zero attached hydrogens (tertiary/aromatic N) is 6. The van der Waals surface area contributed by atoms with Crippen LogP contribution in [0.5, 0.6) is 0 Å². The van der Waals surface area contributed by atoms with Gasteiger partial charge in [-0.2, -0.15) is 15.8 Å². The first-order valence-corrected chi connectivity index (χ1v) is 17.8. The molecule has 2 heterocycles. The van der Waals surface area contributed by atoms with E-state index in [0.717, 1.165) is 27.5 Å². The molecule has 0 saturated carbocycles. The van der Waals surface area contributed by atoms with Gasteiger partial charge in [0.05, 0.1) is 62.5 Å².